The number of carbonyl (C=O) groups excluding carboxylic acids is 2. The zero-order chi connectivity index (χ0) is 22.1. The van der Waals surface area contributed by atoms with E-state index in [2.05, 4.69) is 13.8 Å². The molecule has 1 amide bonds. The standard InChI is InChI=1S/C25H29N3O3/c1-5-31-24(30)21-22(18-10-8-9-17(4)15-18)28-20-12-7-6-11-19(20)26-25(28)27(23(21)29)14-13-16(2)3/h6-12,15-16,21-22H,5,13-14H2,1-4H3/t21-,22+/m1/s1. The predicted molar refractivity (Wildman–Crippen MR) is 121 cm³/mol. The average Bonchev–Trinajstić information content (AvgIpc) is 3.11. The van der Waals surface area contributed by atoms with Crippen LogP contribution in [0.1, 0.15) is 44.4 Å². The van der Waals surface area contributed by atoms with E-state index in [1.54, 1.807) is 11.8 Å². The molecule has 6 nitrogen and oxygen atoms in total. The Morgan fingerprint density at radius 3 is 2.65 bits per heavy atom. The maximum atomic E-state index is 13.7. The molecule has 2 atom stereocenters. The molecule has 2 heterocycles. The molecule has 0 spiro atoms. The van der Waals surface area contributed by atoms with Gasteiger partial charge in [0, 0.05) is 6.54 Å². The lowest BCUT2D eigenvalue weighted by atomic mass is 9.88. The molecule has 0 fully saturated rings. The van der Waals surface area contributed by atoms with E-state index < -0.39 is 17.9 Å². The number of para-hydroxylation sites is 2. The Balaban J connectivity index is 1.97. The second kappa shape index (κ2) is 8.53. The van der Waals surface area contributed by atoms with Gasteiger partial charge in [-0.05, 0) is 43.9 Å². The largest absolute Gasteiger partial charge is 0.465 e. The minimum Gasteiger partial charge on any atom is -0.465 e. The molecular formula is C25H29N3O3. The second-order valence-corrected chi connectivity index (χ2v) is 8.53. The number of hydrogen-bond donors (Lipinski definition) is 0. The van der Waals surface area contributed by atoms with Gasteiger partial charge in [0.1, 0.15) is 0 Å². The van der Waals surface area contributed by atoms with E-state index in [9.17, 15) is 9.59 Å². The zero-order valence-electron chi connectivity index (χ0n) is 18.5. The fourth-order valence-electron chi connectivity index (χ4n) is 4.30. The van der Waals surface area contributed by atoms with Crippen LogP contribution >= 0.6 is 0 Å². The van der Waals surface area contributed by atoms with Gasteiger partial charge in [-0.15, -0.1) is 0 Å². The van der Waals surface area contributed by atoms with E-state index in [0.29, 0.717) is 18.4 Å². The fourth-order valence-corrected chi connectivity index (χ4v) is 4.30. The number of carbonyl (C=O) groups is 2. The van der Waals surface area contributed by atoms with Crippen LogP contribution in [0.15, 0.2) is 48.5 Å². The van der Waals surface area contributed by atoms with E-state index in [4.69, 9.17) is 9.72 Å². The Hall–Kier alpha value is -3.15. The van der Waals surface area contributed by atoms with Crippen LogP contribution in [0.3, 0.4) is 0 Å². The van der Waals surface area contributed by atoms with Crippen molar-refractivity contribution in [3.63, 3.8) is 0 Å². The third-order valence-electron chi connectivity index (χ3n) is 5.80. The summed E-state index contributed by atoms with van der Waals surface area (Å²) in [5.74, 6) is -0.676. The lowest BCUT2D eigenvalue weighted by Gasteiger charge is -2.38. The summed E-state index contributed by atoms with van der Waals surface area (Å²) in [5.41, 5.74) is 3.68. The predicted octanol–water partition coefficient (Wildman–Crippen LogP) is 4.51. The topological polar surface area (TPSA) is 64.4 Å². The smallest absolute Gasteiger partial charge is 0.321 e. The normalized spacial score (nSPS) is 18.5. The van der Waals surface area contributed by atoms with Gasteiger partial charge < -0.3 is 9.30 Å². The number of hydrogen-bond acceptors (Lipinski definition) is 4. The number of rotatable bonds is 6. The molecule has 0 saturated carbocycles. The number of fused-ring (bicyclic) bond motifs is 3. The molecule has 0 bridgehead atoms. The van der Waals surface area contributed by atoms with E-state index in [1.165, 1.54) is 0 Å². The monoisotopic (exact) mass is 419 g/mol. The van der Waals surface area contributed by atoms with Crippen LogP contribution in [0.2, 0.25) is 0 Å². The van der Waals surface area contributed by atoms with Gasteiger partial charge >= 0.3 is 5.97 Å². The molecule has 0 saturated heterocycles. The van der Waals surface area contributed by atoms with E-state index in [0.717, 1.165) is 28.6 Å². The van der Waals surface area contributed by atoms with Gasteiger partial charge in [0.15, 0.2) is 5.92 Å². The SMILES string of the molecule is CCOC(=O)[C@H]1C(=O)N(CCC(C)C)c2nc3ccccc3n2[C@H]1c1cccc(C)c1. The number of esters is 1. The van der Waals surface area contributed by atoms with E-state index in [1.807, 2.05) is 60.0 Å². The first-order chi connectivity index (χ1) is 14.9. The van der Waals surface area contributed by atoms with Gasteiger partial charge in [0.05, 0.1) is 23.7 Å². The first-order valence-corrected chi connectivity index (χ1v) is 10.9. The summed E-state index contributed by atoms with van der Waals surface area (Å²) < 4.78 is 7.44. The summed E-state index contributed by atoms with van der Waals surface area (Å²) in [6.45, 7) is 8.76. The summed E-state index contributed by atoms with van der Waals surface area (Å²) >= 11 is 0. The molecule has 0 N–H and O–H groups in total. The van der Waals surface area contributed by atoms with E-state index >= 15 is 0 Å². The summed E-state index contributed by atoms with van der Waals surface area (Å²) in [4.78, 5) is 33.4. The minimum atomic E-state index is -0.959. The van der Waals surface area contributed by atoms with Crippen LogP contribution in [-0.2, 0) is 14.3 Å². The molecule has 31 heavy (non-hydrogen) atoms. The Labute approximate surface area is 182 Å². The molecule has 4 rings (SSSR count). The molecule has 2 aromatic carbocycles. The molecule has 0 unspecified atom stereocenters. The maximum Gasteiger partial charge on any atom is 0.321 e. The van der Waals surface area contributed by atoms with Gasteiger partial charge in [0.25, 0.3) is 0 Å². The highest BCUT2D eigenvalue weighted by atomic mass is 16.5. The highest BCUT2D eigenvalue weighted by Crippen LogP contribution is 2.41. The molecule has 1 aliphatic heterocycles. The van der Waals surface area contributed by atoms with Crippen LogP contribution in [0.4, 0.5) is 5.95 Å². The van der Waals surface area contributed by atoms with Crippen molar-refractivity contribution in [2.45, 2.75) is 40.2 Å². The quantitative estimate of drug-likeness (QED) is 0.436. The van der Waals surface area contributed by atoms with Gasteiger partial charge in [-0.25, -0.2) is 4.98 Å². The zero-order valence-corrected chi connectivity index (χ0v) is 18.5. The third-order valence-corrected chi connectivity index (χ3v) is 5.80. The summed E-state index contributed by atoms with van der Waals surface area (Å²) in [7, 11) is 0. The van der Waals surface area contributed by atoms with Crippen molar-refractivity contribution < 1.29 is 14.3 Å². The Morgan fingerprint density at radius 1 is 1.16 bits per heavy atom. The highest BCUT2D eigenvalue weighted by Gasteiger charge is 2.47. The molecule has 162 valence electrons. The molecule has 3 aromatic rings. The Morgan fingerprint density at radius 2 is 1.94 bits per heavy atom. The van der Waals surface area contributed by atoms with Crippen LogP contribution in [0, 0.1) is 18.8 Å². The van der Waals surface area contributed by atoms with Gasteiger partial charge in [-0.3, -0.25) is 14.5 Å². The van der Waals surface area contributed by atoms with E-state index in [-0.39, 0.29) is 12.5 Å². The maximum absolute atomic E-state index is 13.7. The van der Waals surface area contributed by atoms with Crippen molar-refractivity contribution >= 4 is 28.9 Å². The molecule has 6 heteroatoms. The first-order valence-electron chi connectivity index (χ1n) is 10.9. The third kappa shape index (κ3) is 3.82. The molecule has 1 aliphatic rings. The number of amides is 1. The van der Waals surface area contributed by atoms with Crippen LogP contribution < -0.4 is 4.90 Å². The van der Waals surface area contributed by atoms with Crippen molar-refractivity contribution in [3.8, 4) is 0 Å². The lowest BCUT2D eigenvalue weighted by molar-refractivity contribution is -0.153. The number of nitrogens with zero attached hydrogens (tertiary/aromatic N) is 3. The molecular weight excluding hydrogens is 390 g/mol. The van der Waals surface area contributed by atoms with Crippen LogP contribution in [0.25, 0.3) is 11.0 Å². The lowest BCUT2D eigenvalue weighted by Crippen LogP contribution is -2.50. The van der Waals surface area contributed by atoms with Crippen molar-refractivity contribution in [2.75, 3.05) is 18.1 Å². The fraction of sp³-hybridized carbons (Fsp3) is 0.400. The van der Waals surface area contributed by atoms with Crippen molar-refractivity contribution in [1.29, 1.82) is 0 Å². The number of anilines is 1. The molecule has 0 radical (unpaired) electrons. The first kappa shape index (κ1) is 21.1. The van der Waals surface area contributed by atoms with Crippen LogP contribution in [-0.4, -0.2) is 34.6 Å². The summed E-state index contributed by atoms with van der Waals surface area (Å²) in [6, 6.07) is 15.3. The number of aromatic nitrogens is 2. The minimum absolute atomic E-state index is 0.229. The number of benzene rings is 2. The van der Waals surface area contributed by atoms with Crippen LogP contribution in [0.5, 0.6) is 0 Å². The molecule has 1 aromatic heterocycles. The number of imidazole rings is 1. The second-order valence-electron chi connectivity index (χ2n) is 8.53. The number of ether oxygens (including phenoxy) is 1. The van der Waals surface area contributed by atoms with Crippen molar-refractivity contribution in [3.05, 3.63) is 59.7 Å². The molecule has 0 aliphatic carbocycles. The highest BCUT2D eigenvalue weighted by molar-refractivity contribution is 6.08. The average molecular weight is 420 g/mol. The summed E-state index contributed by atoms with van der Waals surface area (Å²) in [6.07, 6.45) is 0.819. The summed E-state index contributed by atoms with van der Waals surface area (Å²) in [5, 5.41) is 0. The Kier molecular flexibility index (Phi) is 5.81. The van der Waals surface area contributed by atoms with Gasteiger partial charge in [-0.2, -0.15) is 0 Å². The number of aryl methyl sites for hydroxylation is 1. The van der Waals surface area contributed by atoms with Crippen molar-refractivity contribution in [2.24, 2.45) is 11.8 Å². The van der Waals surface area contributed by atoms with Gasteiger partial charge in [0.2, 0.25) is 11.9 Å². The van der Waals surface area contributed by atoms with Gasteiger partial charge in [-0.1, -0.05) is 55.8 Å². The Bertz CT molecular complexity index is 1120. The van der Waals surface area contributed by atoms with Crippen molar-refractivity contribution in [1.82, 2.24) is 9.55 Å².